The van der Waals surface area contributed by atoms with Crippen LogP contribution in [0.3, 0.4) is 0 Å². The molecular formula is C8H6ClNS. The second-order valence-electron chi connectivity index (χ2n) is 2.34. The third-order valence-electron chi connectivity index (χ3n) is 1.58. The zero-order valence-corrected chi connectivity index (χ0v) is 7.32. The van der Waals surface area contributed by atoms with Crippen LogP contribution in [0.1, 0.15) is 5.56 Å². The maximum Gasteiger partial charge on any atom is 0.0840 e. The van der Waals surface area contributed by atoms with Crippen molar-refractivity contribution in [3.63, 3.8) is 0 Å². The second kappa shape index (κ2) is 2.80. The molecule has 0 amide bonds. The minimum absolute atomic E-state index is 0.575. The molecule has 0 atom stereocenters. The van der Waals surface area contributed by atoms with Gasteiger partial charge in [0.1, 0.15) is 0 Å². The van der Waals surface area contributed by atoms with Crippen LogP contribution in [-0.4, -0.2) is 4.37 Å². The van der Waals surface area contributed by atoms with Crippen LogP contribution < -0.4 is 0 Å². The topological polar surface area (TPSA) is 12.9 Å². The Balaban J connectivity index is 2.67. The normalized spacial score (nSPS) is 10.6. The molecule has 0 spiro atoms. The first kappa shape index (κ1) is 7.07. The fraction of sp³-hybridized carbons (Fsp3) is 0.125. The molecule has 0 aliphatic rings. The van der Waals surface area contributed by atoms with Gasteiger partial charge in [-0.3, -0.25) is 0 Å². The standard InChI is InChI=1S/C8H6ClNS/c9-4-6-1-2-8-7(3-6)5-11-10-8/h1-3,5H,4H2. The Morgan fingerprint density at radius 3 is 3.18 bits per heavy atom. The summed E-state index contributed by atoms with van der Waals surface area (Å²) in [5.74, 6) is 0.575. The lowest BCUT2D eigenvalue weighted by Gasteiger charge is -1.92. The van der Waals surface area contributed by atoms with Crippen molar-refractivity contribution in [1.29, 1.82) is 0 Å². The summed E-state index contributed by atoms with van der Waals surface area (Å²) in [5, 5.41) is 3.22. The predicted molar refractivity (Wildman–Crippen MR) is 49.2 cm³/mol. The molecule has 1 aromatic heterocycles. The molecule has 0 N–H and O–H groups in total. The van der Waals surface area contributed by atoms with Gasteiger partial charge < -0.3 is 0 Å². The summed E-state index contributed by atoms with van der Waals surface area (Å²) in [6.07, 6.45) is 0. The van der Waals surface area contributed by atoms with Gasteiger partial charge in [0.2, 0.25) is 0 Å². The zero-order valence-electron chi connectivity index (χ0n) is 5.75. The van der Waals surface area contributed by atoms with E-state index in [0.29, 0.717) is 5.88 Å². The summed E-state index contributed by atoms with van der Waals surface area (Å²) in [5.41, 5.74) is 2.21. The van der Waals surface area contributed by atoms with Crippen molar-refractivity contribution in [3.8, 4) is 0 Å². The zero-order chi connectivity index (χ0) is 7.68. The smallest absolute Gasteiger partial charge is 0.0840 e. The van der Waals surface area contributed by atoms with Crippen molar-refractivity contribution in [3.05, 3.63) is 29.1 Å². The van der Waals surface area contributed by atoms with Crippen LogP contribution in [0.15, 0.2) is 23.6 Å². The van der Waals surface area contributed by atoms with E-state index in [9.17, 15) is 0 Å². The number of halogens is 1. The van der Waals surface area contributed by atoms with Crippen LogP contribution in [0.2, 0.25) is 0 Å². The minimum Gasteiger partial charge on any atom is -0.193 e. The molecule has 3 heteroatoms. The molecule has 56 valence electrons. The van der Waals surface area contributed by atoms with E-state index >= 15 is 0 Å². The molecule has 0 fully saturated rings. The van der Waals surface area contributed by atoms with Crippen molar-refractivity contribution >= 4 is 34.0 Å². The lowest BCUT2D eigenvalue weighted by molar-refractivity contribution is 1.42. The molecular weight excluding hydrogens is 178 g/mol. The van der Waals surface area contributed by atoms with E-state index in [-0.39, 0.29) is 0 Å². The van der Waals surface area contributed by atoms with E-state index in [1.807, 2.05) is 17.5 Å². The number of benzene rings is 1. The van der Waals surface area contributed by atoms with Crippen LogP contribution in [0.5, 0.6) is 0 Å². The van der Waals surface area contributed by atoms with E-state index < -0.39 is 0 Å². The van der Waals surface area contributed by atoms with Crippen molar-refractivity contribution in [1.82, 2.24) is 4.37 Å². The van der Waals surface area contributed by atoms with Crippen LogP contribution in [0.4, 0.5) is 0 Å². The minimum atomic E-state index is 0.575. The highest BCUT2D eigenvalue weighted by Gasteiger charge is 1.96. The monoisotopic (exact) mass is 183 g/mol. The van der Waals surface area contributed by atoms with Crippen molar-refractivity contribution in [2.75, 3.05) is 0 Å². The van der Waals surface area contributed by atoms with Gasteiger partial charge in [-0.25, -0.2) is 0 Å². The highest BCUT2D eigenvalue weighted by atomic mass is 35.5. The number of aromatic nitrogens is 1. The number of nitrogens with zero attached hydrogens (tertiary/aromatic N) is 1. The largest absolute Gasteiger partial charge is 0.193 e. The summed E-state index contributed by atoms with van der Waals surface area (Å²) in [7, 11) is 0. The molecule has 2 aromatic rings. The Labute approximate surface area is 73.8 Å². The predicted octanol–water partition coefficient (Wildman–Crippen LogP) is 3.04. The van der Waals surface area contributed by atoms with E-state index in [0.717, 1.165) is 11.1 Å². The lowest BCUT2D eigenvalue weighted by atomic mass is 10.2. The fourth-order valence-electron chi connectivity index (χ4n) is 1.00. The van der Waals surface area contributed by atoms with Gasteiger partial charge in [-0.05, 0) is 29.2 Å². The molecule has 2 rings (SSSR count). The Hall–Kier alpha value is -0.600. The summed E-state index contributed by atoms with van der Waals surface area (Å²) < 4.78 is 4.19. The molecule has 1 aromatic carbocycles. The number of hydrogen-bond donors (Lipinski definition) is 0. The number of hydrogen-bond acceptors (Lipinski definition) is 2. The van der Waals surface area contributed by atoms with E-state index in [2.05, 4.69) is 10.4 Å². The molecule has 0 unspecified atom stereocenters. The lowest BCUT2D eigenvalue weighted by Crippen LogP contribution is -1.75. The average Bonchev–Trinajstić information content (AvgIpc) is 2.50. The van der Waals surface area contributed by atoms with Crippen molar-refractivity contribution in [2.24, 2.45) is 0 Å². The van der Waals surface area contributed by atoms with Gasteiger partial charge in [-0.1, -0.05) is 6.07 Å². The van der Waals surface area contributed by atoms with Gasteiger partial charge in [0.05, 0.1) is 5.52 Å². The Bertz CT molecular complexity index is 369. The van der Waals surface area contributed by atoms with Gasteiger partial charge >= 0.3 is 0 Å². The molecule has 0 aliphatic heterocycles. The van der Waals surface area contributed by atoms with Crippen LogP contribution in [0.25, 0.3) is 10.9 Å². The highest BCUT2D eigenvalue weighted by molar-refractivity contribution is 7.04. The quantitative estimate of drug-likeness (QED) is 0.620. The highest BCUT2D eigenvalue weighted by Crippen LogP contribution is 2.17. The van der Waals surface area contributed by atoms with Gasteiger partial charge in [-0.15, -0.1) is 11.6 Å². The molecule has 1 nitrogen and oxygen atoms in total. The first-order chi connectivity index (χ1) is 5.40. The molecule has 0 aliphatic carbocycles. The second-order valence-corrected chi connectivity index (χ2v) is 3.24. The first-order valence-electron chi connectivity index (χ1n) is 3.29. The van der Waals surface area contributed by atoms with E-state index in [1.54, 1.807) is 0 Å². The molecule has 11 heavy (non-hydrogen) atoms. The average molecular weight is 184 g/mol. The number of fused-ring (bicyclic) bond motifs is 1. The molecule has 1 heterocycles. The van der Waals surface area contributed by atoms with Gasteiger partial charge in [-0.2, -0.15) is 4.37 Å². The van der Waals surface area contributed by atoms with E-state index in [4.69, 9.17) is 11.6 Å². The molecule has 0 saturated carbocycles. The van der Waals surface area contributed by atoms with Crippen molar-refractivity contribution in [2.45, 2.75) is 5.88 Å². The van der Waals surface area contributed by atoms with Crippen molar-refractivity contribution < 1.29 is 0 Å². The molecule has 0 bridgehead atoms. The third-order valence-corrected chi connectivity index (χ3v) is 2.55. The number of alkyl halides is 1. The maximum absolute atomic E-state index is 5.68. The van der Waals surface area contributed by atoms with Gasteiger partial charge in [0, 0.05) is 16.6 Å². The van der Waals surface area contributed by atoms with Crippen LogP contribution >= 0.6 is 23.1 Å². The Kier molecular flexibility index (Phi) is 1.80. The fourth-order valence-corrected chi connectivity index (χ4v) is 1.81. The molecule has 0 radical (unpaired) electrons. The SMILES string of the molecule is ClCc1ccc2nscc2c1. The van der Waals surface area contributed by atoms with Crippen LogP contribution in [-0.2, 0) is 5.88 Å². The third kappa shape index (κ3) is 1.24. The van der Waals surface area contributed by atoms with Gasteiger partial charge in [0.25, 0.3) is 0 Å². The Morgan fingerprint density at radius 2 is 2.36 bits per heavy atom. The summed E-state index contributed by atoms with van der Waals surface area (Å²) >= 11 is 7.16. The van der Waals surface area contributed by atoms with Gasteiger partial charge in [0.15, 0.2) is 0 Å². The Morgan fingerprint density at radius 1 is 1.45 bits per heavy atom. The maximum atomic E-state index is 5.68. The molecule has 0 saturated heterocycles. The summed E-state index contributed by atoms with van der Waals surface area (Å²) in [6, 6.07) is 6.09. The van der Waals surface area contributed by atoms with Crippen LogP contribution in [0, 0.1) is 0 Å². The van der Waals surface area contributed by atoms with E-state index in [1.165, 1.54) is 16.9 Å². The first-order valence-corrected chi connectivity index (χ1v) is 4.66. The summed E-state index contributed by atoms with van der Waals surface area (Å²) in [6.45, 7) is 0. The summed E-state index contributed by atoms with van der Waals surface area (Å²) in [4.78, 5) is 0. The number of rotatable bonds is 1.